The minimum Gasteiger partial charge on any atom is -0.475 e. The van der Waals surface area contributed by atoms with Gasteiger partial charge in [-0.15, -0.1) is 0 Å². The highest BCUT2D eigenvalue weighted by atomic mass is 19.4. The van der Waals surface area contributed by atoms with Crippen LogP contribution in [0.1, 0.15) is 27.0 Å². The minimum absolute atomic E-state index is 0.0426. The first-order valence-corrected chi connectivity index (χ1v) is 11.9. The summed E-state index contributed by atoms with van der Waals surface area (Å²) in [5, 5.41) is 0. The molecule has 4 nitrogen and oxygen atoms in total. The van der Waals surface area contributed by atoms with E-state index in [1.165, 1.54) is 4.90 Å². The molecule has 3 aromatic carbocycles. The predicted molar refractivity (Wildman–Crippen MR) is 132 cm³/mol. The van der Waals surface area contributed by atoms with Crippen molar-refractivity contribution >= 4 is 5.91 Å². The third-order valence-electron chi connectivity index (χ3n) is 6.31. The number of carbonyl (C=O) groups is 1. The van der Waals surface area contributed by atoms with Crippen LogP contribution in [0.3, 0.4) is 0 Å². The smallest absolute Gasteiger partial charge is 0.416 e. The Morgan fingerprint density at radius 3 is 1.90 bits per heavy atom. The lowest BCUT2D eigenvalue weighted by Gasteiger charge is -2.23. The van der Waals surface area contributed by atoms with E-state index in [0.29, 0.717) is 28.8 Å². The summed E-state index contributed by atoms with van der Waals surface area (Å²) >= 11 is 0. The van der Waals surface area contributed by atoms with Gasteiger partial charge in [0, 0.05) is 23.9 Å². The molecule has 1 amide bonds. The van der Waals surface area contributed by atoms with E-state index < -0.39 is 35.9 Å². The Balaban J connectivity index is 1.63. The standard InChI is InChI=1S/C29H20F6N2O2/c30-28(31,32)21-13-18(14-22(15-21)29(33,34)35)17-37-11-12-39-26-25(27(37)38)24(20-9-5-2-6-10-20)23(16-36-26)19-7-3-1-4-8-19/h1-10,13-16H,11-12,17H2. The average Bonchev–Trinajstić information content (AvgIpc) is 3.06. The molecule has 5 rings (SSSR count). The van der Waals surface area contributed by atoms with Gasteiger partial charge in [-0.05, 0) is 34.9 Å². The lowest BCUT2D eigenvalue weighted by molar-refractivity contribution is -0.143. The van der Waals surface area contributed by atoms with Gasteiger partial charge in [0.15, 0.2) is 0 Å². The number of pyridine rings is 1. The summed E-state index contributed by atoms with van der Waals surface area (Å²) in [6.45, 7) is -0.601. The Morgan fingerprint density at radius 2 is 1.33 bits per heavy atom. The first kappa shape index (κ1) is 26.3. The van der Waals surface area contributed by atoms with E-state index >= 15 is 0 Å². The van der Waals surface area contributed by atoms with Crippen molar-refractivity contribution in [3.8, 4) is 28.1 Å². The monoisotopic (exact) mass is 542 g/mol. The molecule has 0 saturated heterocycles. The van der Waals surface area contributed by atoms with Gasteiger partial charge >= 0.3 is 12.4 Å². The molecular formula is C29H20F6N2O2. The van der Waals surface area contributed by atoms with E-state index in [-0.39, 0.29) is 36.2 Å². The first-order valence-electron chi connectivity index (χ1n) is 11.9. The van der Waals surface area contributed by atoms with Crippen LogP contribution in [0.4, 0.5) is 26.3 Å². The fourth-order valence-corrected chi connectivity index (χ4v) is 4.54. The van der Waals surface area contributed by atoms with Crippen LogP contribution >= 0.6 is 0 Å². The molecule has 0 spiro atoms. The van der Waals surface area contributed by atoms with E-state index in [1.807, 2.05) is 36.4 Å². The Bertz CT molecular complexity index is 1470. The zero-order valence-corrected chi connectivity index (χ0v) is 20.2. The minimum atomic E-state index is -5.00. The Kier molecular flexibility index (Phi) is 6.80. The van der Waals surface area contributed by atoms with Crippen molar-refractivity contribution in [2.45, 2.75) is 18.9 Å². The number of hydrogen-bond acceptors (Lipinski definition) is 3. The molecule has 0 bridgehead atoms. The number of amides is 1. The number of halogens is 6. The van der Waals surface area contributed by atoms with Crippen molar-refractivity contribution in [3.05, 3.63) is 107 Å². The highest BCUT2D eigenvalue weighted by molar-refractivity contribution is 6.06. The van der Waals surface area contributed by atoms with Crippen LogP contribution in [0.15, 0.2) is 85.1 Å². The van der Waals surface area contributed by atoms with Gasteiger partial charge in [0.1, 0.15) is 12.2 Å². The van der Waals surface area contributed by atoms with E-state index in [4.69, 9.17) is 4.74 Å². The van der Waals surface area contributed by atoms with Crippen LogP contribution in [0.5, 0.6) is 5.88 Å². The van der Waals surface area contributed by atoms with Gasteiger partial charge in [0.2, 0.25) is 5.88 Å². The van der Waals surface area contributed by atoms with E-state index in [0.717, 1.165) is 5.56 Å². The fourth-order valence-electron chi connectivity index (χ4n) is 4.54. The molecule has 2 heterocycles. The van der Waals surface area contributed by atoms with Gasteiger partial charge < -0.3 is 9.64 Å². The largest absolute Gasteiger partial charge is 0.475 e. The third-order valence-corrected chi connectivity index (χ3v) is 6.31. The molecule has 1 aliphatic rings. The van der Waals surface area contributed by atoms with Crippen molar-refractivity contribution < 1.29 is 35.9 Å². The fraction of sp³-hybridized carbons (Fsp3) is 0.172. The van der Waals surface area contributed by atoms with E-state index in [2.05, 4.69) is 4.98 Å². The highest BCUT2D eigenvalue weighted by Crippen LogP contribution is 2.40. The van der Waals surface area contributed by atoms with Crippen LogP contribution in [0.25, 0.3) is 22.3 Å². The van der Waals surface area contributed by atoms with Crippen LogP contribution in [0, 0.1) is 0 Å². The topological polar surface area (TPSA) is 42.4 Å². The molecule has 0 aliphatic carbocycles. The number of alkyl halides is 6. The lowest BCUT2D eigenvalue weighted by atomic mass is 9.91. The van der Waals surface area contributed by atoms with Gasteiger partial charge in [0.25, 0.3) is 5.91 Å². The number of carbonyl (C=O) groups excluding carboxylic acids is 1. The molecule has 200 valence electrons. The zero-order valence-electron chi connectivity index (χ0n) is 20.2. The molecule has 1 aliphatic heterocycles. The summed E-state index contributed by atoms with van der Waals surface area (Å²) < 4.78 is 86.3. The summed E-state index contributed by atoms with van der Waals surface area (Å²) in [6.07, 6.45) is -8.41. The summed E-state index contributed by atoms with van der Waals surface area (Å²) in [7, 11) is 0. The highest BCUT2D eigenvalue weighted by Gasteiger charge is 2.37. The number of ether oxygens (including phenoxy) is 1. The maximum absolute atomic E-state index is 13.9. The summed E-state index contributed by atoms with van der Waals surface area (Å²) in [5.74, 6) is -0.571. The molecule has 0 radical (unpaired) electrons. The van der Waals surface area contributed by atoms with E-state index in [9.17, 15) is 31.1 Å². The second-order valence-electron chi connectivity index (χ2n) is 8.95. The number of rotatable bonds is 4. The maximum Gasteiger partial charge on any atom is 0.416 e. The second kappa shape index (κ2) is 10.1. The van der Waals surface area contributed by atoms with Crippen LogP contribution < -0.4 is 4.74 Å². The van der Waals surface area contributed by atoms with Gasteiger partial charge in [0.05, 0.1) is 17.7 Å². The van der Waals surface area contributed by atoms with Crippen LogP contribution in [-0.4, -0.2) is 28.9 Å². The van der Waals surface area contributed by atoms with Gasteiger partial charge in [-0.1, -0.05) is 60.7 Å². The van der Waals surface area contributed by atoms with Crippen molar-refractivity contribution in [1.82, 2.24) is 9.88 Å². The number of nitrogens with zero attached hydrogens (tertiary/aromatic N) is 2. The van der Waals surface area contributed by atoms with Crippen molar-refractivity contribution in [2.24, 2.45) is 0 Å². The Labute approximate surface area is 219 Å². The summed E-state index contributed by atoms with van der Waals surface area (Å²) in [4.78, 5) is 19.5. The predicted octanol–water partition coefficient (Wildman–Crippen LogP) is 7.49. The molecule has 0 unspecified atom stereocenters. The lowest BCUT2D eigenvalue weighted by Crippen LogP contribution is -2.32. The SMILES string of the molecule is O=C1c2c(ncc(-c3ccccc3)c2-c2ccccc2)OCCN1Cc1cc(C(F)(F)F)cc(C(F)(F)F)c1. The quantitative estimate of drug-likeness (QED) is 0.251. The normalized spacial score (nSPS) is 14.0. The molecular weight excluding hydrogens is 522 g/mol. The van der Waals surface area contributed by atoms with Gasteiger partial charge in [-0.25, -0.2) is 4.98 Å². The maximum atomic E-state index is 13.9. The first-order chi connectivity index (χ1) is 18.5. The molecule has 39 heavy (non-hydrogen) atoms. The van der Waals surface area contributed by atoms with Crippen molar-refractivity contribution in [1.29, 1.82) is 0 Å². The molecule has 0 saturated carbocycles. The van der Waals surface area contributed by atoms with Crippen molar-refractivity contribution in [2.75, 3.05) is 13.2 Å². The summed E-state index contributed by atoms with van der Waals surface area (Å²) in [6, 6.07) is 19.5. The third kappa shape index (κ3) is 5.45. The molecule has 10 heteroatoms. The second-order valence-corrected chi connectivity index (χ2v) is 8.95. The number of aromatic nitrogens is 1. The number of hydrogen-bond donors (Lipinski definition) is 0. The number of benzene rings is 3. The average molecular weight is 542 g/mol. The molecule has 1 aromatic heterocycles. The molecule has 4 aromatic rings. The molecule has 0 N–H and O–H groups in total. The van der Waals surface area contributed by atoms with Gasteiger partial charge in [-0.3, -0.25) is 4.79 Å². The zero-order chi connectivity index (χ0) is 27.8. The Morgan fingerprint density at radius 1 is 0.769 bits per heavy atom. The summed E-state index contributed by atoms with van der Waals surface area (Å²) in [5.41, 5.74) is -0.532. The molecule has 0 atom stereocenters. The van der Waals surface area contributed by atoms with E-state index in [1.54, 1.807) is 30.5 Å². The van der Waals surface area contributed by atoms with Crippen LogP contribution in [-0.2, 0) is 18.9 Å². The van der Waals surface area contributed by atoms with Gasteiger partial charge in [-0.2, -0.15) is 26.3 Å². The molecule has 0 fully saturated rings. The Hall–Kier alpha value is -4.34. The number of fused-ring (bicyclic) bond motifs is 1. The van der Waals surface area contributed by atoms with Crippen molar-refractivity contribution in [3.63, 3.8) is 0 Å². The van der Waals surface area contributed by atoms with Crippen LogP contribution in [0.2, 0.25) is 0 Å².